The van der Waals surface area contributed by atoms with Crippen molar-refractivity contribution in [2.24, 2.45) is 16.8 Å². The Bertz CT molecular complexity index is 1850. The van der Waals surface area contributed by atoms with Crippen molar-refractivity contribution in [1.82, 2.24) is 4.90 Å². The largest absolute Gasteiger partial charge is 0.462 e. The van der Waals surface area contributed by atoms with Gasteiger partial charge in [-0.05, 0) is 67.5 Å². The Balaban J connectivity index is 1.18. The third-order valence-electron chi connectivity index (χ3n) is 9.93. The van der Waals surface area contributed by atoms with E-state index >= 15 is 0 Å². The maximum absolute atomic E-state index is 14.4. The van der Waals surface area contributed by atoms with Crippen molar-refractivity contribution in [2.75, 3.05) is 19.7 Å². The van der Waals surface area contributed by atoms with Gasteiger partial charge in [-0.1, -0.05) is 115 Å². The van der Waals surface area contributed by atoms with E-state index in [-0.39, 0.29) is 36.9 Å². The molecule has 6 rings (SSSR count). The molecule has 1 saturated heterocycles. The first-order valence-corrected chi connectivity index (χ1v) is 18.0. The molecule has 2 aliphatic rings. The molecule has 2 aliphatic heterocycles. The highest BCUT2D eigenvalue weighted by atomic mass is 35.5. The van der Waals surface area contributed by atoms with Crippen LogP contribution in [0.3, 0.4) is 0 Å². The quantitative estimate of drug-likeness (QED) is 0.146. The SMILES string of the molecule is CC1=NC(C)=C(C(=O)OCCC(c2ccccc2)c2ccccc2)C(c2cccc(Cl)c2)C1C(=O)N1CCC(C(=O)OCc2ccccc2)CC1. The standard InChI is InChI=1S/C43H43ClN2O5/c1-29-38(41(47)46-24-21-34(22-25-46)42(48)51-28-31-13-6-3-7-14-31)40(35-19-12-20-36(44)27-35)39(30(2)45-29)43(49)50-26-23-37(32-15-8-4-9-16-32)33-17-10-5-11-18-33/h3-20,27,34,37-38,40H,21-26,28H2,1-2H3. The van der Waals surface area contributed by atoms with Crippen molar-refractivity contribution < 1.29 is 23.9 Å². The van der Waals surface area contributed by atoms with Crippen LogP contribution in [0.4, 0.5) is 0 Å². The molecule has 8 heteroatoms. The summed E-state index contributed by atoms with van der Waals surface area (Å²) in [6.07, 6.45) is 1.58. The van der Waals surface area contributed by atoms with E-state index in [0.29, 0.717) is 54.4 Å². The molecule has 0 radical (unpaired) electrons. The Morgan fingerprint density at radius 3 is 2.02 bits per heavy atom. The Morgan fingerprint density at radius 1 is 0.804 bits per heavy atom. The van der Waals surface area contributed by atoms with Crippen molar-refractivity contribution in [3.05, 3.63) is 154 Å². The number of carbonyl (C=O) groups is 3. The summed E-state index contributed by atoms with van der Waals surface area (Å²) in [6.45, 7) is 4.84. The Labute approximate surface area is 305 Å². The van der Waals surface area contributed by atoms with Gasteiger partial charge in [0.25, 0.3) is 0 Å². The molecule has 0 aliphatic carbocycles. The fourth-order valence-corrected chi connectivity index (χ4v) is 7.50. The predicted molar refractivity (Wildman–Crippen MR) is 199 cm³/mol. The van der Waals surface area contributed by atoms with Gasteiger partial charge < -0.3 is 14.4 Å². The van der Waals surface area contributed by atoms with Gasteiger partial charge in [-0.15, -0.1) is 0 Å². The van der Waals surface area contributed by atoms with Crippen LogP contribution in [0.2, 0.25) is 5.02 Å². The second-order valence-corrected chi connectivity index (χ2v) is 13.7. The number of ether oxygens (including phenoxy) is 2. The molecule has 2 unspecified atom stereocenters. The van der Waals surface area contributed by atoms with Crippen LogP contribution in [0.15, 0.2) is 132 Å². The average molecular weight is 703 g/mol. The van der Waals surface area contributed by atoms with Crippen LogP contribution in [0.1, 0.15) is 67.2 Å². The second-order valence-electron chi connectivity index (χ2n) is 13.3. The van der Waals surface area contributed by atoms with E-state index in [1.165, 1.54) is 0 Å². The minimum Gasteiger partial charge on any atom is -0.462 e. The first-order valence-electron chi connectivity index (χ1n) is 17.6. The zero-order valence-electron chi connectivity index (χ0n) is 29.0. The monoisotopic (exact) mass is 702 g/mol. The predicted octanol–water partition coefficient (Wildman–Crippen LogP) is 8.54. The maximum Gasteiger partial charge on any atom is 0.336 e. The number of halogens is 1. The van der Waals surface area contributed by atoms with Gasteiger partial charge in [-0.2, -0.15) is 0 Å². The minimum absolute atomic E-state index is 0.0403. The molecule has 2 heterocycles. The number of piperidine rings is 1. The van der Waals surface area contributed by atoms with Crippen molar-refractivity contribution in [1.29, 1.82) is 0 Å². The number of hydrogen-bond acceptors (Lipinski definition) is 6. The highest BCUT2D eigenvalue weighted by Crippen LogP contribution is 2.42. The van der Waals surface area contributed by atoms with Gasteiger partial charge in [0, 0.05) is 41.4 Å². The zero-order chi connectivity index (χ0) is 35.7. The van der Waals surface area contributed by atoms with Crippen molar-refractivity contribution in [2.45, 2.75) is 51.6 Å². The number of rotatable bonds is 11. The lowest BCUT2D eigenvalue weighted by molar-refractivity contribution is -0.153. The van der Waals surface area contributed by atoms with Crippen LogP contribution in [0, 0.1) is 11.8 Å². The van der Waals surface area contributed by atoms with E-state index in [9.17, 15) is 14.4 Å². The van der Waals surface area contributed by atoms with Crippen LogP contribution in [0.25, 0.3) is 0 Å². The molecule has 0 bridgehead atoms. The summed E-state index contributed by atoms with van der Waals surface area (Å²) < 4.78 is 11.6. The number of allylic oxidation sites excluding steroid dienone is 1. The van der Waals surface area contributed by atoms with Gasteiger partial charge in [0.2, 0.25) is 5.91 Å². The summed E-state index contributed by atoms with van der Waals surface area (Å²) in [5.41, 5.74) is 5.46. The molecule has 4 aromatic carbocycles. The summed E-state index contributed by atoms with van der Waals surface area (Å²) in [5, 5.41) is 0.507. The molecule has 7 nitrogen and oxygen atoms in total. The number of likely N-dealkylation sites (tertiary alicyclic amines) is 1. The van der Waals surface area contributed by atoms with E-state index in [0.717, 1.165) is 22.3 Å². The normalized spacial score (nSPS) is 18.0. The van der Waals surface area contributed by atoms with Gasteiger partial charge in [-0.25, -0.2) is 4.79 Å². The Hall–Kier alpha value is -5.01. The number of benzene rings is 4. The molecule has 0 saturated carbocycles. The van der Waals surface area contributed by atoms with Crippen molar-refractivity contribution in [3.8, 4) is 0 Å². The fraction of sp³-hybridized carbons (Fsp3) is 0.302. The number of carbonyl (C=O) groups excluding carboxylic acids is 3. The van der Waals surface area contributed by atoms with Gasteiger partial charge in [-0.3, -0.25) is 14.6 Å². The second kappa shape index (κ2) is 16.8. The van der Waals surface area contributed by atoms with Crippen molar-refractivity contribution in [3.63, 3.8) is 0 Å². The number of amides is 1. The summed E-state index contributed by atoms with van der Waals surface area (Å²) in [7, 11) is 0. The number of hydrogen-bond donors (Lipinski definition) is 0. The Morgan fingerprint density at radius 2 is 1.41 bits per heavy atom. The topological polar surface area (TPSA) is 85.3 Å². The molecule has 262 valence electrons. The average Bonchev–Trinajstić information content (AvgIpc) is 3.16. The summed E-state index contributed by atoms with van der Waals surface area (Å²) in [6, 6.07) is 37.3. The highest BCUT2D eigenvalue weighted by molar-refractivity contribution is 6.30. The highest BCUT2D eigenvalue weighted by Gasteiger charge is 2.44. The summed E-state index contributed by atoms with van der Waals surface area (Å²) >= 11 is 6.48. The lowest BCUT2D eigenvalue weighted by Gasteiger charge is -2.38. The smallest absolute Gasteiger partial charge is 0.336 e. The van der Waals surface area contributed by atoms with Crippen LogP contribution >= 0.6 is 11.6 Å². The lowest BCUT2D eigenvalue weighted by atomic mass is 9.74. The minimum atomic E-state index is -0.738. The number of nitrogens with zero attached hydrogens (tertiary/aromatic N) is 2. The number of aliphatic imine (C=N–C) groups is 1. The number of esters is 2. The molecule has 51 heavy (non-hydrogen) atoms. The van der Waals surface area contributed by atoms with Gasteiger partial charge in [0.15, 0.2) is 0 Å². The van der Waals surface area contributed by atoms with E-state index in [1.54, 1.807) is 17.9 Å². The van der Waals surface area contributed by atoms with Crippen LogP contribution < -0.4 is 0 Å². The third kappa shape index (κ3) is 8.66. The Kier molecular flexibility index (Phi) is 11.8. The maximum atomic E-state index is 14.4. The molecule has 4 aromatic rings. The summed E-state index contributed by atoms with van der Waals surface area (Å²) in [5.74, 6) is -2.51. The molecular formula is C43H43ClN2O5. The summed E-state index contributed by atoms with van der Waals surface area (Å²) in [4.78, 5) is 48.0. The van der Waals surface area contributed by atoms with E-state index in [1.807, 2.05) is 91.9 Å². The van der Waals surface area contributed by atoms with Gasteiger partial charge in [0.05, 0.1) is 24.0 Å². The van der Waals surface area contributed by atoms with Gasteiger partial charge >= 0.3 is 11.9 Å². The van der Waals surface area contributed by atoms with Crippen LogP contribution in [0.5, 0.6) is 0 Å². The lowest BCUT2D eigenvalue weighted by Crippen LogP contribution is -2.47. The van der Waals surface area contributed by atoms with E-state index in [4.69, 9.17) is 26.1 Å². The molecule has 0 aromatic heterocycles. The van der Waals surface area contributed by atoms with Gasteiger partial charge in [0.1, 0.15) is 6.61 Å². The molecular weight excluding hydrogens is 660 g/mol. The van der Waals surface area contributed by atoms with Crippen molar-refractivity contribution >= 4 is 35.2 Å². The fourth-order valence-electron chi connectivity index (χ4n) is 7.30. The van der Waals surface area contributed by atoms with Crippen LogP contribution in [-0.2, 0) is 30.5 Å². The molecule has 0 spiro atoms. The molecule has 0 N–H and O–H groups in total. The molecule has 1 amide bonds. The molecule has 2 atom stereocenters. The first kappa shape index (κ1) is 35.8. The first-order chi connectivity index (χ1) is 24.8. The van der Waals surface area contributed by atoms with E-state index < -0.39 is 17.8 Å². The third-order valence-corrected chi connectivity index (χ3v) is 10.2. The zero-order valence-corrected chi connectivity index (χ0v) is 29.8. The van der Waals surface area contributed by atoms with Crippen LogP contribution in [-0.4, -0.2) is 48.2 Å². The van der Waals surface area contributed by atoms with E-state index in [2.05, 4.69) is 24.3 Å². The molecule has 1 fully saturated rings.